The van der Waals surface area contributed by atoms with Crippen molar-refractivity contribution >= 4 is 11.3 Å². The van der Waals surface area contributed by atoms with Crippen LogP contribution in [-0.4, -0.2) is 29.1 Å². The molecule has 0 saturated carbocycles. The monoisotopic (exact) mass is 186 g/mol. The lowest BCUT2D eigenvalue weighted by Gasteiger charge is -2.11. The number of nitrogens with zero attached hydrogens (tertiary/aromatic N) is 2. The zero-order valence-electron chi connectivity index (χ0n) is 6.74. The molecule has 2 heterocycles. The van der Waals surface area contributed by atoms with Crippen LogP contribution in [0, 0.1) is 0 Å². The Morgan fingerprint density at radius 3 is 3.25 bits per heavy atom. The number of hydrogen-bond donors (Lipinski definition) is 0. The van der Waals surface area contributed by atoms with E-state index < -0.39 is 6.17 Å². The lowest BCUT2D eigenvalue weighted by molar-refractivity contribution is 0.284. The third-order valence-electron chi connectivity index (χ3n) is 2.08. The second-order valence-corrected chi connectivity index (χ2v) is 4.06. The van der Waals surface area contributed by atoms with E-state index in [-0.39, 0.29) is 0 Å². The summed E-state index contributed by atoms with van der Waals surface area (Å²) in [5.41, 5.74) is 1.82. The molecule has 1 unspecified atom stereocenters. The lowest BCUT2D eigenvalue weighted by Crippen LogP contribution is -2.19. The highest BCUT2D eigenvalue weighted by atomic mass is 32.1. The standard InChI is InChI=1S/C8H11FN2S/c9-7-1-2-11(4-7)5-8-3-10-6-12-8/h3,6-7H,1-2,4-5H2. The van der Waals surface area contributed by atoms with Crippen LogP contribution in [0.4, 0.5) is 4.39 Å². The molecule has 1 atom stereocenters. The average molecular weight is 186 g/mol. The molecule has 2 rings (SSSR count). The Kier molecular flexibility index (Phi) is 2.37. The number of rotatable bonds is 2. The lowest BCUT2D eigenvalue weighted by atomic mass is 10.3. The van der Waals surface area contributed by atoms with E-state index in [0.717, 1.165) is 13.1 Å². The molecule has 12 heavy (non-hydrogen) atoms. The van der Waals surface area contributed by atoms with E-state index >= 15 is 0 Å². The number of thiazole rings is 1. The Hall–Kier alpha value is -0.480. The molecule has 1 aromatic heterocycles. The third kappa shape index (κ3) is 1.81. The van der Waals surface area contributed by atoms with Gasteiger partial charge in [-0.25, -0.2) is 4.39 Å². The Bertz CT molecular complexity index is 237. The van der Waals surface area contributed by atoms with Crippen LogP contribution in [-0.2, 0) is 6.54 Å². The Morgan fingerprint density at radius 2 is 2.67 bits per heavy atom. The first-order valence-corrected chi connectivity index (χ1v) is 4.96. The van der Waals surface area contributed by atoms with Crippen LogP contribution in [0.25, 0.3) is 0 Å². The largest absolute Gasteiger partial charge is 0.295 e. The molecule has 0 amide bonds. The third-order valence-corrected chi connectivity index (χ3v) is 2.84. The van der Waals surface area contributed by atoms with E-state index in [1.165, 1.54) is 4.88 Å². The quantitative estimate of drug-likeness (QED) is 0.698. The fraction of sp³-hybridized carbons (Fsp3) is 0.625. The van der Waals surface area contributed by atoms with Gasteiger partial charge >= 0.3 is 0 Å². The summed E-state index contributed by atoms with van der Waals surface area (Å²) in [4.78, 5) is 7.34. The van der Waals surface area contributed by atoms with Crippen LogP contribution >= 0.6 is 11.3 Å². The van der Waals surface area contributed by atoms with Crippen molar-refractivity contribution < 1.29 is 4.39 Å². The Labute approximate surface area is 75.0 Å². The SMILES string of the molecule is FC1CCN(Cc2cncs2)C1. The zero-order chi connectivity index (χ0) is 8.39. The van der Waals surface area contributed by atoms with Crippen molar-refractivity contribution in [3.8, 4) is 0 Å². The summed E-state index contributed by atoms with van der Waals surface area (Å²) in [6.07, 6.45) is 1.94. The maximum atomic E-state index is 12.7. The first kappa shape index (κ1) is 8.13. The summed E-state index contributed by atoms with van der Waals surface area (Å²) >= 11 is 1.64. The van der Waals surface area contributed by atoms with E-state index in [9.17, 15) is 4.39 Å². The van der Waals surface area contributed by atoms with E-state index in [0.29, 0.717) is 13.0 Å². The number of halogens is 1. The summed E-state index contributed by atoms with van der Waals surface area (Å²) in [6, 6.07) is 0. The Balaban J connectivity index is 1.88. The highest BCUT2D eigenvalue weighted by molar-refractivity contribution is 7.09. The first-order valence-electron chi connectivity index (χ1n) is 4.08. The van der Waals surface area contributed by atoms with Crippen LogP contribution in [0.2, 0.25) is 0 Å². The number of hydrogen-bond acceptors (Lipinski definition) is 3. The molecule has 2 nitrogen and oxygen atoms in total. The minimum absolute atomic E-state index is 0.595. The maximum Gasteiger partial charge on any atom is 0.114 e. The zero-order valence-corrected chi connectivity index (χ0v) is 7.56. The van der Waals surface area contributed by atoms with Gasteiger partial charge in [0.15, 0.2) is 0 Å². The van der Waals surface area contributed by atoms with Gasteiger partial charge in [0, 0.05) is 30.7 Å². The molecule has 0 bridgehead atoms. The maximum absolute atomic E-state index is 12.7. The van der Waals surface area contributed by atoms with Gasteiger partial charge < -0.3 is 0 Å². The molecule has 0 radical (unpaired) electrons. The fourth-order valence-electron chi connectivity index (χ4n) is 1.47. The van der Waals surface area contributed by atoms with Gasteiger partial charge in [0.1, 0.15) is 6.17 Å². The molecular weight excluding hydrogens is 175 g/mol. The molecule has 1 saturated heterocycles. The summed E-state index contributed by atoms with van der Waals surface area (Å²) in [7, 11) is 0. The van der Waals surface area contributed by atoms with Gasteiger partial charge in [0.25, 0.3) is 0 Å². The van der Waals surface area contributed by atoms with Gasteiger partial charge in [0.2, 0.25) is 0 Å². The minimum Gasteiger partial charge on any atom is -0.295 e. The smallest absolute Gasteiger partial charge is 0.114 e. The van der Waals surface area contributed by atoms with Gasteiger partial charge in [-0.05, 0) is 6.42 Å². The summed E-state index contributed by atoms with van der Waals surface area (Å²) in [6.45, 7) is 2.35. The highest BCUT2D eigenvalue weighted by Crippen LogP contribution is 2.16. The Morgan fingerprint density at radius 1 is 1.75 bits per heavy atom. The topological polar surface area (TPSA) is 16.1 Å². The van der Waals surface area contributed by atoms with Crippen molar-refractivity contribution in [1.82, 2.24) is 9.88 Å². The van der Waals surface area contributed by atoms with E-state index in [2.05, 4.69) is 9.88 Å². The molecule has 1 fully saturated rings. The van der Waals surface area contributed by atoms with Gasteiger partial charge in [-0.1, -0.05) is 0 Å². The number of likely N-dealkylation sites (tertiary alicyclic amines) is 1. The molecular formula is C8H11FN2S. The van der Waals surface area contributed by atoms with Crippen molar-refractivity contribution in [2.45, 2.75) is 19.1 Å². The van der Waals surface area contributed by atoms with E-state index in [1.54, 1.807) is 11.3 Å². The molecule has 4 heteroatoms. The van der Waals surface area contributed by atoms with Gasteiger partial charge in [-0.15, -0.1) is 11.3 Å². The van der Waals surface area contributed by atoms with Crippen molar-refractivity contribution in [3.63, 3.8) is 0 Å². The van der Waals surface area contributed by atoms with Crippen molar-refractivity contribution in [1.29, 1.82) is 0 Å². The molecule has 1 aromatic rings. The second kappa shape index (κ2) is 3.49. The molecule has 66 valence electrons. The van der Waals surface area contributed by atoms with Gasteiger partial charge in [-0.2, -0.15) is 0 Å². The van der Waals surface area contributed by atoms with Crippen molar-refractivity contribution in [3.05, 3.63) is 16.6 Å². The van der Waals surface area contributed by atoms with Crippen molar-refractivity contribution in [2.24, 2.45) is 0 Å². The summed E-state index contributed by atoms with van der Waals surface area (Å²) in [5, 5.41) is 0. The van der Waals surface area contributed by atoms with Crippen LogP contribution < -0.4 is 0 Å². The second-order valence-electron chi connectivity index (χ2n) is 3.09. The van der Waals surface area contributed by atoms with Crippen LogP contribution in [0.5, 0.6) is 0 Å². The normalized spacial score (nSPS) is 24.9. The molecule has 0 aliphatic carbocycles. The molecule has 0 spiro atoms. The molecule has 0 aromatic carbocycles. The average Bonchev–Trinajstić information content (AvgIpc) is 2.63. The van der Waals surface area contributed by atoms with Crippen LogP contribution in [0.1, 0.15) is 11.3 Å². The molecule has 1 aliphatic rings. The molecule has 0 N–H and O–H groups in total. The van der Waals surface area contributed by atoms with Gasteiger partial charge in [0.05, 0.1) is 5.51 Å². The summed E-state index contributed by atoms with van der Waals surface area (Å²) in [5.74, 6) is 0. The van der Waals surface area contributed by atoms with Crippen molar-refractivity contribution in [2.75, 3.05) is 13.1 Å². The van der Waals surface area contributed by atoms with E-state index in [4.69, 9.17) is 0 Å². The summed E-state index contributed by atoms with van der Waals surface area (Å²) < 4.78 is 12.7. The minimum atomic E-state index is -0.613. The number of aromatic nitrogens is 1. The highest BCUT2D eigenvalue weighted by Gasteiger charge is 2.21. The first-order chi connectivity index (χ1) is 5.84. The predicted molar refractivity (Wildman–Crippen MR) is 46.9 cm³/mol. The van der Waals surface area contributed by atoms with Crippen LogP contribution in [0.15, 0.2) is 11.7 Å². The van der Waals surface area contributed by atoms with Crippen LogP contribution in [0.3, 0.4) is 0 Å². The predicted octanol–water partition coefficient (Wildman–Crippen LogP) is 1.69. The van der Waals surface area contributed by atoms with E-state index in [1.807, 2.05) is 11.7 Å². The fourth-order valence-corrected chi connectivity index (χ4v) is 2.11. The number of alkyl halides is 1. The van der Waals surface area contributed by atoms with Gasteiger partial charge in [-0.3, -0.25) is 9.88 Å². The molecule has 1 aliphatic heterocycles.